The Balaban J connectivity index is 1.67. The van der Waals surface area contributed by atoms with Gasteiger partial charge in [-0.1, -0.05) is 71.8 Å². The summed E-state index contributed by atoms with van der Waals surface area (Å²) in [6.45, 7) is 20.5. The first-order valence-electron chi connectivity index (χ1n) is 14.0. The number of rotatable bonds is 6. The molecule has 0 bridgehead atoms. The lowest BCUT2D eigenvalue weighted by Gasteiger charge is -2.62. The second-order valence-corrected chi connectivity index (χ2v) is 14.0. The van der Waals surface area contributed by atoms with Gasteiger partial charge < -0.3 is 10.2 Å². The van der Waals surface area contributed by atoms with Crippen LogP contribution in [0, 0.1) is 45.3 Å². The zero-order valence-electron chi connectivity index (χ0n) is 23.0. The highest BCUT2D eigenvalue weighted by Gasteiger charge is 2.64. The summed E-state index contributed by atoms with van der Waals surface area (Å²) in [5.41, 5.74) is 4.84. The smallest absolute Gasteiger partial charge is 0.306 e. The highest BCUT2D eigenvalue weighted by Crippen LogP contribution is 2.72. The van der Waals surface area contributed by atoms with Gasteiger partial charge >= 0.3 is 5.97 Å². The van der Waals surface area contributed by atoms with E-state index < -0.39 is 5.97 Å². The highest BCUT2D eigenvalue weighted by molar-refractivity contribution is 5.70. The van der Waals surface area contributed by atoms with Crippen LogP contribution in [0.4, 0.5) is 0 Å². The van der Waals surface area contributed by atoms with Crippen LogP contribution in [0.1, 0.15) is 113 Å². The van der Waals surface area contributed by atoms with E-state index in [9.17, 15) is 15.0 Å². The van der Waals surface area contributed by atoms with Gasteiger partial charge in [-0.25, -0.2) is 0 Å². The first kappa shape index (κ1) is 26.0. The number of carboxylic acids is 1. The molecule has 0 heterocycles. The van der Waals surface area contributed by atoms with Crippen molar-refractivity contribution in [1.82, 2.24) is 0 Å². The lowest BCUT2D eigenvalue weighted by atomic mass is 9.43. The molecular formula is C31H50O3. The Hall–Kier alpha value is -1.09. The van der Waals surface area contributed by atoms with Crippen molar-refractivity contribution in [1.29, 1.82) is 0 Å². The number of hydrogen-bond donors (Lipinski definition) is 2. The lowest BCUT2D eigenvalue weighted by Crippen LogP contribution is -2.55. The first-order chi connectivity index (χ1) is 15.7. The molecule has 3 heteroatoms. The zero-order valence-corrected chi connectivity index (χ0v) is 23.0. The number of aliphatic hydroxyl groups excluding tert-OH is 1. The van der Waals surface area contributed by atoms with Crippen LogP contribution in [-0.4, -0.2) is 22.3 Å². The van der Waals surface area contributed by atoms with Gasteiger partial charge in [-0.3, -0.25) is 4.79 Å². The van der Waals surface area contributed by atoms with Gasteiger partial charge in [0.05, 0.1) is 12.0 Å². The van der Waals surface area contributed by atoms with Crippen molar-refractivity contribution in [3.8, 4) is 0 Å². The second kappa shape index (κ2) is 8.49. The van der Waals surface area contributed by atoms with Gasteiger partial charge in [-0.15, -0.1) is 0 Å². The Kier molecular flexibility index (Phi) is 6.49. The normalized spacial score (nSPS) is 42.1. The van der Waals surface area contributed by atoms with E-state index in [1.807, 2.05) is 0 Å². The van der Waals surface area contributed by atoms with E-state index in [0.29, 0.717) is 11.8 Å². The van der Waals surface area contributed by atoms with Crippen molar-refractivity contribution in [3.63, 3.8) is 0 Å². The maximum absolute atomic E-state index is 12.5. The molecule has 0 aromatic rings. The summed E-state index contributed by atoms with van der Waals surface area (Å²) in [4.78, 5) is 12.5. The Labute approximate surface area is 208 Å². The third kappa shape index (κ3) is 3.58. The van der Waals surface area contributed by atoms with Crippen molar-refractivity contribution < 1.29 is 15.0 Å². The van der Waals surface area contributed by atoms with E-state index in [1.165, 1.54) is 5.57 Å². The minimum Gasteiger partial charge on any atom is -0.481 e. The monoisotopic (exact) mass is 470 g/mol. The van der Waals surface area contributed by atoms with Crippen LogP contribution >= 0.6 is 0 Å². The average molecular weight is 471 g/mol. The summed E-state index contributed by atoms with van der Waals surface area (Å²) in [7, 11) is 0. The van der Waals surface area contributed by atoms with Gasteiger partial charge in [0.25, 0.3) is 0 Å². The fourth-order valence-electron chi connectivity index (χ4n) is 9.49. The summed E-state index contributed by atoms with van der Waals surface area (Å²) < 4.78 is 0. The first-order valence-corrected chi connectivity index (χ1v) is 14.0. The van der Waals surface area contributed by atoms with E-state index in [-0.39, 0.29) is 39.6 Å². The minimum atomic E-state index is -0.606. The summed E-state index contributed by atoms with van der Waals surface area (Å²) in [6.07, 6.45) is 9.98. The van der Waals surface area contributed by atoms with Gasteiger partial charge in [0.15, 0.2) is 0 Å². The maximum atomic E-state index is 12.5. The maximum Gasteiger partial charge on any atom is 0.306 e. The molecule has 4 aliphatic rings. The van der Waals surface area contributed by atoms with Gasteiger partial charge in [0.1, 0.15) is 0 Å². The summed E-state index contributed by atoms with van der Waals surface area (Å²) in [5, 5.41) is 21.1. The van der Waals surface area contributed by atoms with Crippen molar-refractivity contribution >= 4 is 5.97 Å². The lowest BCUT2D eigenvalue weighted by molar-refractivity contribution is -0.146. The molecule has 0 amide bonds. The summed E-state index contributed by atoms with van der Waals surface area (Å²) in [5.74, 6) is 0.293. The fraction of sp³-hybridized carbons (Fsp3) is 0.839. The van der Waals surface area contributed by atoms with E-state index in [4.69, 9.17) is 0 Å². The number of aliphatic hydroxyl groups is 1. The number of carboxylic acid groups (broad SMARTS) is 1. The van der Waals surface area contributed by atoms with E-state index in [0.717, 1.165) is 64.2 Å². The third-order valence-electron chi connectivity index (χ3n) is 12.2. The molecule has 0 aromatic heterocycles. The van der Waals surface area contributed by atoms with Crippen molar-refractivity contribution in [2.45, 2.75) is 119 Å². The van der Waals surface area contributed by atoms with Gasteiger partial charge in [-0.2, -0.15) is 0 Å². The predicted molar refractivity (Wildman–Crippen MR) is 139 cm³/mol. The van der Waals surface area contributed by atoms with E-state index in [1.54, 1.807) is 11.1 Å². The number of aliphatic carboxylic acids is 1. The molecule has 0 aromatic carbocycles. The number of fused-ring (bicyclic) bond motifs is 4. The standard InChI is InChI=1S/C31H50O3/c1-19(2)20(3)9-10-21(27(33)34)22-13-17-31(8)24-11-12-25-28(4,5)26(32)15-16-29(25,6)23(24)14-18-30(22,31)7/h19,21-22,25-26,32H,3,9-18H2,1-2,4-8H3,(H,33,34). The number of allylic oxidation sites excluding steroid dienone is 3. The molecule has 34 heavy (non-hydrogen) atoms. The SMILES string of the molecule is C=C(CCC(C(=O)O)C1CCC2(C)C3=C(CCC12C)C1(C)CCC(O)C(C)(C)C1CC3)C(C)C. The molecule has 0 radical (unpaired) electrons. The molecular weight excluding hydrogens is 420 g/mol. The van der Waals surface area contributed by atoms with Crippen molar-refractivity contribution in [3.05, 3.63) is 23.3 Å². The van der Waals surface area contributed by atoms with Crippen molar-refractivity contribution in [2.24, 2.45) is 45.3 Å². The minimum absolute atomic E-state index is 0.0426. The molecule has 7 atom stereocenters. The Morgan fingerprint density at radius 2 is 1.68 bits per heavy atom. The molecule has 0 spiro atoms. The quantitative estimate of drug-likeness (QED) is 0.389. The van der Waals surface area contributed by atoms with E-state index >= 15 is 0 Å². The molecule has 2 fully saturated rings. The summed E-state index contributed by atoms with van der Waals surface area (Å²) >= 11 is 0. The van der Waals surface area contributed by atoms with Gasteiger partial charge in [0, 0.05) is 0 Å². The fourth-order valence-corrected chi connectivity index (χ4v) is 9.49. The molecule has 7 unspecified atom stereocenters. The molecule has 4 aliphatic carbocycles. The van der Waals surface area contributed by atoms with Crippen LogP contribution < -0.4 is 0 Å². The third-order valence-corrected chi connectivity index (χ3v) is 12.2. The van der Waals surface area contributed by atoms with Crippen molar-refractivity contribution in [2.75, 3.05) is 0 Å². The summed E-state index contributed by atoms with van der Waals surface area (Å²) in [6, 6.07) is 0. The highest BCUT2D eigenvalue weighted by atomic mass is 16.4. The molecule has 192 valence electrons. The molecule has 4 rings (SSSR count). The van der Waals surface area contributed by atoms with Gasteiger partial charge in [0.2, 0.25) is 0 Å². The van der Waals surface area contributed by atoms with Crippen LogP contribution in [0.15, 0.2) is 23.3 Å². The largest absolute Gasteiger partial charge is 0.481 e. The second-order valence-electron chi connectivity index (χ2n) is 14.0. The zero-order chi connectivity index (χ0) is 25.3. The van der Waals surface area contributed by atoms with Gasteiger partial charge in [-0.05, 0) is 104 Å². The van der Waals surface area contributed by atoms with Crippen LogP contribution in [0.25, 0.3) is 0 Å². The predicted octanol–water partition coefficient (Wildman–Crippen LogP) is 7.79. The number of hydrogen-bond acceptors (Lipinski definition) is 2. The van der Waals surface area contributed by atoms with Crippen LogP contribution in [0.2, 0.25) is 0 Å². The molecule has 0 aliphatic heterocycles. The van der Waals surface area contributed by atoms with E-state index in [2.05, 4.69) is 55.0 Å². The van der Waals surface area contributed by atoms with Crippen LogP contribution in [0.5, 0.6) is 0 Å². The molecule has 3 nitrogen and oxygen atoms in total. The molecule has 0 saturated heterocycles. The topological polar surface area (TPSA) is 57.5 Å². The number of carbonyl (C=O) groups is 1. The van der Waals surface area contributed by atoms with Crippen LogP contribution in [0.3, 0.4) is 0 Å². The molecule has 2 N–H and O–H groups in total. The molecule has 2 saturated carbocycles. The Bertz CT molecular complexity index is 881. The Morgan fingerprint density at radius 1 is 1.00 bits per heavy atom. The Morgan fingerprint density at radius 3 is 2.29 bits per heavy atom. The average Bonchev–Trinajstić information content (AvgIpc) is 3.02. The van der Waals surface area contributed by atoms with Crippen LogP contribution in [-0.2, 0) is 4.79 Å².